The van der Waals surface area contributed by atoms with E-state index in [9.17, 15) is 17.6 Å². The Labute approximate surface area is 155 Å². The van der Waals surface area contributed by atoms with Gasteiger partial charge in [-0.15, -0.1) is 0 Å². The van der Waals surface area contributed by atoms with Gasteiger partial charge >= 0.3 is 0 Å². The molecule has 0 bridgehead atoms. The predicted molar refractivity (Wildman–Crippen MR) is 98.0 cm³/mol. The minimum atomic E-state index is -3.32. The van der Waals surface area contributed by atoms with E-state index >= 15 is 0 Å². The van der Waals surface area contributed by atoms with E-state index < -0.39 is 15.7 Å². The lowest BCUT2D eigenvalue weighted by atomic mass is 10.1. The van der Waals surface area contributed by atoms with Crippen molar-refractivity contribution in [3.63, 3.8) is 0 Å². The summed E-state index contributed by atoms with van der Waals surface area (Å²) >= 11 is 0. The van der Waals surface area contributed by atoms with Gasteiger partial charge in [-0.25, -0.2) is 17.8 Å². The van der Waals surface area contributed by atoms with Crippen LogP contribution in [0, 0.1) is 5.82 Å². The second kappa shape index (κ2) is 7.32. The van der Waals surface area contributed by atoms with Crippen molar-refractivity contribution in [2.24, 2.45) is 5.73 Å². The first-order valence-electron chi connectivity index (χ1n) is 8.08. The van der Waals surface area contributed by atoms with Crippen LogP contribution < -0.4 is 5.73 Å². The van der Waals surface area contributed by atoms with Gasteiger partial charge in [0.05, 0.1) is 4.90 Å². The van der Waals surface area contributed by atoms with Crippen molar-refractivity contribution in [1.82, 2.24) is 4.98 Å². The summed E-state index contributed by atoms with van der Waals surface area (Å²) in [6.45, 7) is 0. The van der Waals surface area contributed by atoms with Gasteiger partial charge in [0.2, 0.25) is 5.91 Å². The molecule has 8 heteroatoms. The van der Waals surface area contributed by atoms with E-state index in [1.165, 1.54) is 24.3 Å². The molecule has 2 aromatic carbocycles. The monoisotopic (exact) mass is 388 g/mol. The molecular formula is C19H17FN2O4S. The maximum atomic E-state index is 13.2. The van der Waals surface area contributed by atoms with Crippen molar-refractivity contribution in [2.75, 3.05) is 6.26 Å². The van der Waals surface area contributed by atoms with Crippen LogP contribution in [-0.2, 0) is 21.1 Å². The molecule has 27 heavy (non-hydrogen) atoms. The van der Waals surface area contributed by atoms with Crippen LogP contribution in [0.15, 0.2) is 57.8 Å². The number of hydrogen-bond donors (Lipinski definition) is 1. The molecule has 140 valence electrons. The van der Waals surface area contributed by atoms with E-state index in [2.05, 4.69) is 4.98 Å². The lowest BCUT2D eigenvalue weighted by molar-refractivity contribution is -0.118. The van der Waals surface area contributed by atoms with Gasteiger partial charge in [-0.2, -0.15) is 0 Å². The fourth-order valence-electron chi connectivity index (χ4n) is 2.55. The summed E-state index contributed by atoms with van der Waals surface area (Å²) < 4.78 is 42.3. The SMILES string of the molecule is CS(=O)(=O)c1ccc(-c2oc(CCC(N)=O)nc2-c2ccc(F)cc2)cc1. The van der Waals surface area contributed by atoms with Crippen LogP contribution in [-0.4, -0.2) is 25.6 Å². The maximum Gasteiger partial charge on any atom is 0.217 e. The molecule has 3 rings (SSSR count). The third-order valence-corrected chi connectivity index (χ3v) is 5.05. The third kappa shape index (κ3) is 4.40. The summed E-state index contributed by atoms with van der Waals surface area (Å²) in [4.78, 5) is 15.6. The summed E-state index contributed by atoms with van der Waals surface area (Å²) in [5.74, 6) is -0.137. The number of primary amides is 1. The quantitative estimate of drug-likeness (QED) is 0.699. The van der Waals surface area contributed by atoms with Crippen LogP contribution in [0.4, 0.5) is 4.39 Å². The van der Waals surface area contributed by atoms with Gasteiger partial charge in [0.1, 0.15) is 11.5 Å². The predicted octanol–water partition coefficient (Wildman–Crippen LogP) is 2.97. The highest BCUT2D eigenvalue weighted by atomic mass is 32.2. The topological polar surface area (TPSA) is 103 Å². The molecule has 0 aliphatic heterocycles. The molecule has 0 radical (unpaired) electrons. The summed E-state index contributed by atoms with van der Waals surface area (Å²) in [5, 5.41) is 0. The van der Waals surface area contributed by atoms with Crippen molar-refractivity contribution >= 4 is 15.7 Å². The molecule has 0 atom stereocenters. The number of nitrogens with two attached hydrogens (primary N) is 1. The standard InChI is InChI=1S/C19H17FN2O4S/c1-27(24,25)15-8-4-13(5-9-15)19-18(12-2-6-14(20)7-3-12)22-17(26-19)11-10-16(21)23/h2-9H,10-11H2,1H3,(H2,21,23). The number of aryl methyl sites for hydroxylation is 1. The number of benzene rings is 2. The van der Waals surface area contributed by atoms with Crippen molar-refractivity contribution < 1.29 is 22.0 Å². The number of sulfone groups is 1. The van der Waals surface area contributed by atoms with Crippen LogP contribution in [0.1, 0.15) is 12.3 Å². The second-order valence-electron chi connectivity index (χ2n) is 6.06. The van der Waals surface area contributed by atoms with Crippen LogP contribution in [0.25, 0.3) is 22.6 Å². The van der Waals surface area contributed by atoms with Crippen molar-refractivity contribution in [1.29, 1.82) is 0 Å². The minimum Gasteiger partial charge on any atom is -0.440 e. The molecule has 0 unspecified atom stereocenters. The zero-order valence-electron chi connectivity index (χ0n) is 14.5. The van der Waals surface area contributed by atoms with Gasteiger partial charge in [-0.3, -0.25) is 4.79 Å². The van der Waals surface area contributed by atoms with E-state index in [0.29, 0.717) is 28.5 Å². The van der Waals surface area contributed by atoms with E-state index in [1.54, 1.807) is 24.3 Å². The average molecular weight is 388 g/mol. The van der Waals surface area contributed by atoms with Crippen LogP contribution >= 0.6 is 0 Å². The highest BCUT2D eigenvalue weighted by Gasteiger charge is 2.18. The summed E-state index contributed by atoms with van der Waals surface area (Å²) in [5.41, 5.74) is 6.89. The molecule has 0 saturated carbocycles. The molecule has 1 aromatic heterocycles. The van der Waals surface area contributed by atoms with Gasteiger partial charge in [0.25, 0.3) is 0 Å². The Hall–Kier alpha value is -3.00. The molecular weight excluding hydrogens is 371 g/mol. The number of carbonyl (C=O) groups excluding carboxylic acids is 1. The molecule has 0 spiro atoms. The summed E-state index contributed by atoms with van der Waals surface area (Å²) in [6.07, 6.45) is 1.43. The van der Waals surface area contributed by atoms with Crippen LogP contribution in [0.3, 0.4) is 0 Å². The lowest BCUT2D eigenvalue weighted by Gasteiger charge is -2.03. The normalized spacial score (nSPS) is 11.5. The average Bonchev–Trinajstić information content (AvgIpc) is 3.04. The van der Waals surface area contributed by atoms with E-state index in [1.807, 2.05) is 0 Å². The highest BCUT2D eigenvalue weighted by Crippen LogP contribution is 2.33. The Kier molecular flexibility index (Phi) is 5.09. The number of nitrogens with zero attached hydrogens (tertiary/aromatic N) is 1. The largest absolute Gasteiger partial charge is 0.440 e. The molecule has 0 saturated heterocycles. The first-order chi connectivity index (χ1) is 12.7. The van der Waals surface area contributed by atoms with Gasteiger partial charge < -0.3 is 10.2 Å². The molecule has 0 aliphatic carbocycles. The van der Waals surface area contributed by atoms with Gasteiger partial charge in [-0.05, 0) is 48.5 Å². The third-order valence-electron chi connectivity index (χ3n) is 3.92. The minimum absolute atomic E-state index is 0.0792. The maximum absolute atomic E-state index is 13.2. The van der Waals surface area contributed by atoms with Crippen molar-refractivity contribution in [3.05, 3.63) is 60.2 Å². The van der Waals surface area contributed by atoms with Crippen molar-refractivity contribution in [3.8, 4) is 22.6 Å². The Morgan fingerprint density at radius 1 is 1.07 bits per heavy atom. The zero-order valence-corrected chi connectivity index (χ0v) is 15.3. The van der Waals surface area contributed by atoms with E-state index in [0.717, 1.165) is 6.26 Å². The smallest absolute Gasteiger partial charge is 0.217 e. The fraction of sp³-hybridized carbons (Fsp3) is 0.158. The molecule has 6 nitrogen and oxygen atoms in total. The van der Waals surface area contributed by atoms with Gasteiger partial charge in [-0.1, -0.05) is 0 Å². The zero-order chi connectivity index (χ0) is 19.6. The molecule has 0 fully saturated rings. The van der Waals surface area contributed by atoms with Gasteiger partial charge in [0, 0.05) is 30.2 Å². The molecule has 1 amide bonds. The fourth-order valence-corrected chi connectivity index (χ4v) is 3.18. The first kappa shape index (κ1) is 18.8. The van der Waals surface area contributed by atoms with Gasteiger partial charge in [0.15, 0.2) is 21.5 Å². The number of oxazole rings is 1. The lowest BCUT2D eigenvalue weighted by Crippen LogP contribution is -2.11. The number of hydrogen-bond acceptors (Lipinski definition) is 5. The summed E-state index contributed by atoms with van der Waals surface area (Å²) in [7, 11) is -3.32. The Balaban J connectivity index is 2.06. The Morgan fingerprint density at radius 3 is 2.22 bits per heavy atom. The van der Waals surface area contributed by atoms with E-state index in [4.69, 9.17) is 10.2 Å². The Bertz CT molecular complexity index is 1070. The molecule has 1 heterocycles. The second-order valence-corrected chi connectivity index (χ2v) is 8.07. The highest BCUT2D eigenvalue weighted by molar-refractivity contribution is 7.90. The molecule has 2 N–H and O–H groups in total. The van der Waals surface area contributed by atoms with E-state index in [-0.39, 0.29) is 23.6 Å². The van der Waals surface area contributed by atoms with Crippen LogP contribution in [0.2, 0.25) is 0 Å². The number of halogens is 1. The first-order valence-corrected chi connectivity index (χ1v) is 9.97. The molecule has 3 aromatic rings. The van der Waals surface area contributed by atoms with Crippen molar-refractivity contribution in [2.45, 2.75) is 17.7 Å². The number of amides is 1. The number of carbonyl (C=O) groups is 1. The summed E-state index contributed by atoms with van der Waals surface area (Å²) in [6, 6.07) is 11.9. The number of aromatic nitrogens is 1. The van der Waals surface area contributed by atoms with Crippen LogP contribution in [0.5, 0.6) is 0 Å². The Morgan fingerprint density at radius 2 is 1.67 bits per heavy atom. The number of rotatable bonds is 6. The molecule has 0 aliphatic rings.